The van der Waals surface area contributed by atoms with E-state index >= 15 is 0 Å². The highest BCUT2D eigenvalue weighted by atomic mass is 16.5. The number of ether oxygens (including phenoxy) is 1. The van der Waals surface area contributed by atoms with Gasteiger partial charge in [-0.15, -0.1) is 5.10 Å². The highest BCUT2D eigenvalue weighted by Gasteiger charge is 2.29. The number of primary amides is 1. The lowest BCUT2D eigenvalue weighted by Gasteiger charge is -2.32. The molecule has 2 aromatic rings. The molecule has 1 aliphatic heterocycles. The van der Waals surface area contributed by atoms with E-state index in [2.05, 4.69) is 5.10 Å². The van der Waals surface area contributed by atoms with E-state index in [0.717, 1.165) is 11.3 Å². The summed E-state index contributed by atoms with van der Waals surface area (Å²) < 4.78 is 7.56. The van der Waals surface area contributed by atoms with Crippen LogP contribution in [0.1, 0.15) is 25.3 Å². The quantitative estimate of drug-likeness (QED) is 0.882. The number of hydrogen-bond donors (Lipinski definition) is 1. The van der Waals surface area contributed by atoms with Gasteiger partial charge in [-0.1, -0.05) is 18.2 Å². The molecule has 3 rings (SSSR count). The molecule has 2 heterocycles. The third-order valence-corrected chi connectivity index (χ3v) is 4.72. The summed E-state index contributed by atoms with van der Waals surface area (Å²) in [6.45, 7) is 4.68. The van der Waals surface area contributed by atoms with Crippen LogP contribution in [0.5, 0.6) is 5.88 Å². The van der Waals surface area contributed by atoms with E-state index in [9.17, 15) is 9.59 Å². The number of rotatable bonds is 5. The summed E-state index contributed by atoms with van der Waals surface area (Å²) in [5, 5.41) is 4.45. The summed E-state index contributed by atoms with van der Waals surface area (Å²) in [6, 6.07) is 9.73. The van der Waals surface area contributed by atoms with Crippen LogP contribution in [0, 0.1) is 12.8 Å². The minimum absolute atomic E-state index is 0.0958. The standard InChI is InChI=1S/C19H24N4O3/c1-13-12-23(16-6-4-3-5-7-16)21-18(13)26-14(2)19(25)22-10-8-15(9-11-22)17(20)24/h3-7,12,14-15H,8-11H2,1-2H3,(H2,20,24)/t14-/m0/s1. The fourth-order valence-electron chi connectivity index (χ4n) is 3.13. The molecule has 0 saturated carbocycles. The lowest BCUT2D eigenvalue weighted by Crippen LogP contribution is -2.46. The number of nitrogens with two attached hydrogens (primary N) is 1. The van der Waals surface area contributed by atoms with Crippen LogP contribution in [-0.2, 0) is 9.59 Å². The molecular weight excluding hydrogens is 332 g/mol. The Morgan fingerprint density at radius 2 is 1.88 bits per heavy atom. The topological polar surface area (TPSA) is 90.5 Å². The SMILES string of the molecule is Cc1cn(-c2ccccc2)nc1O[C@@H](C)C(=O)N1CCC(C(N)=O)CC1. The predicted octanol–water partition coefficient (Wildman–Crippen LogP) is 1.67. The summed E-state index contributed by atoms with van der Waals surface area (Å²) in [6.07, 6.45) is 2.45. The van der Waals surface area contributed by atoms with E-state index in [1.807, 2.05) is 43.5 Å². The highest BCUT2D eigenvalue weighted by molar-refractivity contribution is 5.82. The summed E-state index contributed by atoms with van der Waals surface area (Å²) in [5.74, 6) is -0.0779. The van der Waals surface area contributed by atoms with Gasteiger partial charge in [-0.3, -0.25) is 9.59 Å². The van der Waals surface area contributed by atoms with Gasteiger partial charge < -0.3 is 15.4 Å². The first-order valence-electron chi connectivity index (χ1n) is 8.82. The lowest BCUT2D eigenvalue weighted by molar-refractivity contribution is -0.140. The number of hydrogen-bond acceptors (Lipinski definition) is 4. The molecule has 138 valence electrons. The average Bonchev–Trinajstić information content (AvgIpc) is 3.02. The molecule has 1 aromatic carbocycles. The van der Waals surface area contributed by atoms with Crippen LogP contribution in [0.3, 0.4) is 0 Å². The minimum atomic E-state index is -0.641. The second kappa shape index (κ2) is 7.59. The molecule has 0 bridgehead atoms. The van der Waals surface area contributed by atoms with Crippen LogP contribution >= 0.6 is 0 Å². The molecule has 26 heavy (non-hydrogen) atoms. The number of para-hydroxylation sites is 1. The van der Waals surface area contributed by atoms with E-state index in [1.54, 1.807) is 16.5 Å². The first-order chi connectivity index (χ1) is 12.5. The second-order valence-electron chi connectivity index (χ2n) is 6.66. The van der Waals surface area contributed by atoms with Crippen molar-refractivity contribution in [2.45, 2.75) is 32.8 Å². The summed E-state index contributed by atoms with van der Waals surface area (Å²) in [5.41, 5.74) is 7.13. The van der Waals surface area contributed by atoms with Crippen LogP contribution in [0.25, 0.3) is 5.69 Å². The Hall–Kier alpha value is -2.83. The predicted molar refractivity (Wildman–Crippen MR) is 96.9 cm³/mol. The van der Waals surface area contributed by atoms with Crippen molar-refractivity contribution in [3.63, 3.8) is 0 Å². The molecule has 1 atom stereocenters. The number of piperidine rings is 1. The van der Waals surface area contributed by atoms with Gasteiger partial charge in [-0.2, -0.15) is 0 Å². The maximum Gasteiger partial charge on any atom is 0.263 e. The van der Waals surface area contributed by atoms with Crippen molar-refractivity contribution in [3.05, 3.63) is 42.1 Å². The van der Waals surface area contributed by atoms with Crippen molar-refractivity contribution in [3.8, 4) is 11.6 Å². The van der Waals surface area contributed by atoms with Gasteiger partial charge in [0.25, 0.3) is 5.91 Å². The molecule has 0 aliphatic carbocycles. The third kappa shape index (κ3) is 3.87. The number of carbonyl (C=O) groups excluding carboxylic acids is 2. The maximum atomic E-state index is 12.6. The number of nitrogens with zero attached hydrogens (tertiary/aromatic N) is 3. The molecule has 2 amide bonds. The Morgan fingerprint density at radius 1 is 1.23 bits per heavy atom. The number of aryl methyl sites for hydroxylation is 1. The van der Waals surface area contributed by atoms with Crippen molar-refractivity contribution >= 4 is 11.8 Å². The van der Waals surface area contributed by atoms with Crippen molar-refractivity contribution in [1.82, 2.24) is 14.7 Å². The van der Waals surface area contributed by atoms with Gasteiger partial charge in [-0.05, 0) is 38.8 Å². The fraction of sp³-hybridized carbons (Fsp3) is 0.421. The average molecular weight is 356 g/mol. The molecule has 1 aliphatic rings. The van der Waals surface area contributed by atoms with Gasteiger partial charge in [0, 0.05) is 30.8 Å². The van der Waals surface area contributed by atoms with Gasteiger partial charge >= 0.3 is 0 Å². The number of carbonyl (C=O) groups is 2. The van der Waals surface area contributed by atoms with E-state index in [1.165, 1.54) is 0 Å². The van der Waals surface area contributed by atoms with Crippen LogP contribution < -0.4 is 10.5 Å². The smallest absolute Gasteiger partial charge is 0.263 e. The molecule has 1 saturated heterocycles. The Balaban J connectivity index is 1.63. The number of amides is 2. The van der Waals surface area contributed by atoms with E-state index in [-0.39, 0.29) is 17.7 Å². The monoisotopic (exact) mass is 356 g/mol. The normalized spacial score (nSPS) is 16.3. The second-order valence-corrected chi connectivity index (χ2v) is 6.66. The zero-order valence-corrected chi connectivity index (χ0v) is 15.1. The molecule has 2 N–H and O–H groups in total. The number of aromatic nitrogens is 2. The van der Waals surface area contributed by atoms with Crippen molar-refractivity contribution in [1.29, 1.82) is 0 Å². The largest absolute Gasteiger partial charge is 0.463 e. The first-order valence-corrected chi connectivity index (χ1v) is 8.82. The van der Waals surface area contributed by atoms with Gasteiger partial charge in [0.2, 0.25) is 11.8 Å². The van der Waals surface area contributed by atoms with Crippen molar-refractivity contribution < 1.29 is 14.3 Å². The summed E-state index contributed by atoms with van der Waals surface area (Å²) in [4.78, 5) is 25.6. The Kier molecular flexibility index (Phi) is 5.25. The Labute approximate surface area is 152 Å². The highest BCUT2D eigenvalue weighted by Crippen LogP contribution is 2.21. The summed E-state index contributed by atoms with van der Waals surface area (Å²) in [7, 11) is 0. The van der Waals surface area contributed by atoms with Crippen LogP contribution in [0.15, 0.2) is 36.5 Å². The number of benzene rings is 1. The third-order valence-electron chi connectivity index (χ3n) is 4.72. The van der Waals surface area contributed by atoms with Gasteiger partial charge in [0.15, 0.2) is 6.10 Å². The molecule has 1 fully saturated rings. The molecule has 0 radical (unpaired) electrons. The number of likely N-dealkylation sites (tertiary alicyclic amines) is 1. The molecule has 0 spiro atoms. The van der Waals surface area contributed by atoms with Gasteiger partial charge in [-0.25, -0.2) is 4.68 Å². The molecule has 0 unspecified atom stereocenters. The van der Waals surface area contributed by atoms with Gasteiger partial charge in [0.1, 0.15) is 0 Å². The fourth-order valence-corrected chi connectivity index (χ4v) is 3.13. The van der Waals surface area contributed by atoms with Crippen LogP contribution in [0.2, 0.25) is 0 Å². The van der Waals surface area contributed by atoms with Crippen LogP contribution in [-0.4, -0.2) is 45.7 Å². The van der Waals surface area contributed by atoms with E-state index < -0.39 is 6.10 Å². The zero-order valence-electron chi connectivity index (χ0n) is 15.1. The Bertz CT molecular complexity index is 779. The first kappa shape index (κ1) is 18.0. The van der Waals surface area contributed by atoms with E-state index in [4.69, 9.17) is 10.5 Å². The minimum Gasteiger partial charge on any atom is -0.463 e. The van der Waals surface area contributed by atoms with Crippen molar-refractivity contribution in [2.24, 2.45) is 11.7 Å². The zero-order chi connectivity index (χ0) is 18.7. The van der Waals surface area contributed by atoms with Crippen LogP contribution in [0.4, 0.5) is 0 Å². The lowest BCUT2D eigenvalue weighted by atomic mass is 9.96. The van der Waals surface area contributed by atoms with E-state index in [0.29, 0.717) is 31.8 Å². The summed E-state index contributed by atoms with van der Waals surface area (Å²) >= 11 is 0. The molecule has 1 aromatic heterocycles. The molecule has 7 nitrogen and oxygen atoms in total. The molecule has 7 heteroatoms. The van der Waals surface area contributed by atoms with Crippen molar-refractivity contribution in [2.75, 3.05) is 13.1 Å². The van der Waals surface area contributed by atoms with Gasteiger partial charge in [0.05, 0.1) is 5.69 Å². The molecular formula is C19H24N4O3. The Morgan fingerprint density at radius 3 is 2.50 bits per heavy atom. The maximum absolute atomic E-state index is 12.6.